The van der Waals surface area contributed by atoms with Gasteiger partial charge in [-0.25, -0.2) is 4.39 Å². The van der Waals surface area contributed by atoms with E-state index in [1.54, 1.807) is 0 Å². The Balaban J connectivity index is 2.33. The summed E-state index contributed by atoms with van der Waals surface area (Å²) in [6, 6.07) is 2.18. The summed E-state index contributed by atoms with van der Waals surface area (Å²) in [4.78, 5) is 0. The minimum Gasteiger partial charge on any atom is -0.505 e. The molecular formula is C10H13FN2O2. The maximum atomic E-state index is 13.1. The van der Waals surface area contributed by atoms with Gasteiger partial charge in [0.25, 0.3) is 0 Å². The molecule has 0 amide bonds. The number of nitrogens with two attached hydrogens (primary N) is 1. The first-order valence-electron chi connectivity index (χ1n) is 4.77. The molecule has 0 saturated carbocycles. The fourth-order valence-corrected chi connectivity index (χ4v) is 1.67. The zero-order valence-corrected chi connectivity index (χ0v) is 8.16. The topological polar surface area (TPSA) is 67.5 Å². The van der Waals surface area contributed by atoms with E-state index in [9.17, 15) is 9.50 Å². The second-order valence-corrected chi connectivity index (χ2v) is 3.51. The molecule has 1 saturated heterocycles. The summed E-state index contributed by atoms with van der Waals surface area (Å²) in [7, 11) is 0. The Labute approximate surface area is 86.8 Å². The number of hydrogen-bond donors (Lipinski definition) is 3. The number of nitrogen functional groups attached to an aromatic ring is 1. The molecule has 1 aliphatic rings. The number of phenols is 1. The second-order valence-electron chi connectivity index (χ2n) is 3.51. The SMILES string of the molecule is Nc1cc(F)cc([C@H]2COCCN2)c1O. The molecule has 1 aromatic rings. The summed E-state index contributed by atoms with van der Waals surface area (Å²) < 4.78 is 18.3. The summed E-state index contributed by atoms with van der Waals surface area (Å²) >= 11 is 0. The van der Waals surface area contributed by atoms with Gasteiger partial charge in [0, 0.05) is 18.2 Å². The molecule has 4 nitrogen and oxygen atoms in total. The van der Waals surface area contributed by atoms with Crippen molar-refractivity contribution in [2.75, 3.05) is 25.5 Å². The molecule has 0 aliphatic carbocycles. The maximum absolute atomic E-state index is 13.1. The quantitative estimate of drug-likeness (QED) is 0.475. The molecule has 1 aliphatic heterocycles. The minimum atomic E-state index is -0.451. The van der Waals surface area contributed by atoms with Crippen LogP contribution in [0.4, 0.5) is 10.1 Å². The van der Waals surface area contributed by atoms with E-state index in [0.717, 1.165) is 6.07 Å². The maximum Gasteiger partial charge on any atom is 0.143 e. The summed E-state index contributed by atoms with van der Waals surface area (Å²) in [6.07, 6.45) is 0. The van der Waals surface area contributed by atoms with Gasteiger partial charge in [0.15, 0.2) is 0 Å². The fourth-order valence-electron chi connectivity index (χ4n) is 1.67. The third kappa shape index (κ3) is 2.03. The molecule has 2 rings (SSSR count). The fraction of sp³-hybridized carbons (Fsp3) is 0.400. The second kappa shape index (κ2) is 4.04. The van der Waals surface area contributed by atoms with Crippen molar-refractivity contribution in [2.24, 2.45) is 0 Å². The Kier molecular flexibility index (Phi) is 2.75. The first kappa shape index (κ1) is 10.2. The highest BCUT2D eigenvalue weighted by Gasteiger charge is 2.20. The molecule has 0 bridgehead atoms. The zero-order valence-electron chi connectivity index (χ0n) is 8.16. The minimum absolute atomic E-state index is 0.0531. The van der Waals surface area contributed by atoms with E-state index in [-0.39, 0.29) is 17.5 Å². The molecule has 0 aromatic heterocycles. The van der Waals surface area contributed by atoms with E-state index in [0.29, 0.717) is 25.3 Å². The van der Waals surface area contributed by atoms with E-state index in [4.69, 9.17) is 10.5 Å². The number of phenolic OH excluding ortho intramolecular Hbond substituents is 1. The summed E-state index contributed by atoms with van der Waals surface area (Å²) in [5, 5.41) is 12.8. The van der Waals surface area contributed by atoms with Gasteiger partial charge in [0.05, 0.1) is 24.9 Å². The molecule has 0 unspecified atom stereocenters. The van der Waals surface area contributed by atoms with Gasteiger partial charge in [-0.1, -0.05) is 0 Å². The van der Waals surface area contributed by atoms with E-state index >= 15 is 0 Å². The summed E-state index contributed by atoms with van der Waals surface area (Å²) in [6.45, 7) is 1.72. The van der Waals surface area contributed by atoms with Crippen LogP contribution in [-0.4, -0.2) is 24.9 Å². The van der Waals surface area contributed by atoms with Crippen molar-refractivity contribution in [3.8, 4) is 5.75 Å². The van der Waals surface area contributed by atoms with Crippen LogP contribution in [0.2, 0.25) is 0 Å². The Morgan fingerprint density at radius 2 is 2.33 bits per heavy atom. The first-order valence-corrected chi connectivity index (χ1v) is 4.77. The van der Waals surface area contributed by atoms with Crippen molar-refractivity contribution in [2.45, 2.75) is 6.04 Å². The molecule has 0 radical (unpaired) electrons. The van der Waals surface area contributed by atoms with E-state index < -0.39 is 5.82 Å². The third-order valence-electron chi connectivity index (χ3n) is 2.43. The van der Waals surface area contributed by atoms with Crippen LogP contribution < -0.4 is 11.1 Å². The lowest BCUT2D eigenvalue weighted by molar-refractivity contribution is 0.0760. The average Bonchev–Trinajstić information content (AvgIpc) is 2.24. The molecule has 1 atom stereocenters. The number of hydrogen-bond acceptors (Lipinski definition) is 4. The smallest absolute Gasteiger partial charge is 0.143 e. The van der Waals surface area contributed by atoms with E-state index in [1.165, 1.54) is 6.07 Å². The predicted molar refractivity (Wildman–Crippen MR) is 54.0 cm³/mol. The van der Waals surface area contributed by atoms with Gasteiger partial charge in [0.2, 0.25) is 0 Å². The lowest BCUT2D eigenvalue weighted by Crippen LogP contribution is -2.34. The van der Waals surface area contributed by atoms with Crippen LogP contribution >= 0.6 is 0 Å². The zero-order chi connectivity index (χ0) is 10.8. The number of benzene rings is 1. The predicted octanol–water partition coefficient (Wildman–Crippen LogP) is 0.774. The van der Waals surface area contributed by atoms with Gasteiger partial charge in [0.1, 0.15) is 11.6 Å². The van der Waals surface area contributed by atoms with Crippen molar-refractivity contribution in [1.82, 2.24) is 5.32 Å². The molecular weight excluding hydrogens is 199 g/mol. The highest BCUT2D eigenvalue weighted by Crippen LogP contribution is 2.31. The van der Waals surface area contributed by atoms with Crippen LogP contribution in [0.3, 0.4) is 0 Å². The average molecular weight is 212 g/mol. The van der Waals surface area contributed by atoms with Gasteiger partial charge in [-0.2, -0.15) is 0 Å². The van der Waals surface area contributed by atoms with E-state index in [1.807, 2.05) is 0 Å². The van der Waals surface area contributed by atoms with Crippen LogP contribution in [0.1, 0.15) is 11.6 Å². The third-order valence-corrected chi connectivity index (χ3v) is 2.43. The number of halogens is 1. The van der Waals surface area contributed by atoms with Gasteiger partial charge >= 0.3 is 0 Å². The van der Waals surface area contributed by atoms with Crippen LogP contribution in [-0.2, 0) is 4.74 Å². The lowest BCUT2D eigenvalue weighted by atomic mass is 10.0. The van der Waals surface area contributed by atoms with Gasteiger partial charge < -0.3 is 20.9 Å². The number of nitrogens with one attached hydrogen (secondary N) is 1. The van der Waals surface area contributed by atoms with Crippen molar-refractivity contribution >= 4 is 5.69 Å². The van der Waals surface area contributed by atoms with Crippen LogP contribution in [0, 0.1) is 5.82 Å². The molecule has 0 spiro atoms. The summed E-state index contributed by atoms with van der Waals surface area (Å²) in [5.41, 5.74) is 5.97. The lowest BCUT2D eigenvalue weighted by Gasteiger charge is -2.25. The summed E-state index contributed by atoms with van der Waals surface area (Å²) in [5.74, 6) is -0.521. The molecule has 1 fully saturated rings. The Bertz CT molecular complexity index is 365. The van der Waals surface area contributed by atoms with Crippen LogP contribution in [0.5, 0.6) is 5.75 Å². The number of morpholine rings is 1. The van der Waals surface area contributed by atoms with Crippen molar-refractivity contribution in [3.63, 3.8) is 0 Å². The standard InChI is InChI=1S/C10H13FN2O2/c11-6-3-7(10(14)8(12)4-6)9-5-15-2-1-13-9/h3-4,9,13-14H,1-2,5,12H2/t9-/m1/s1. The molecule has 1 aromatic carbocycles. The van der Waals surface area contributed by atoms with Crippen LogP contribution in [0.15, 0.2) is 12.1 Å². The Morgan fingerprint density at radius 1 is 1.53 bits per heavy atom. The number of rotatable bonds is 1. The normalized spacial score (nSPS) is 21.5. The molecule has 1 heterocycles. The van der Waals surface area contributed by atoms with Crippen molar-refractivity contribution in [3.05, 3.63) is 23.5 Å². The Hall–Kier alpha value is -1.33. The Morgan fingerprint density at radius 3 is 3.00 bits per heavy atom. The van der Waals surface area contributed by atoms with Crippen LogP contribution in [0.25, 0.3) is 0 Å². The number of anilines is 1. The number of aromatic hydroxyl groups is 1. The molecule has 15 heavy (non-hydrogen) atoms. The van der Waals surface area contributed by atoms with Crippen molar-refractivity contribution in [1.29, 1.82) is 0 Å². The molecule has 4 N–H and O–H groups in total. The van der Waals surface area contributed by atoms with Gasteiger partial charge in [-0.3, -0.25) is 0 Å². The highest BCUT2D eigenvalue weighted by molar-refractivity contribution is 5.57. The van der Waals surface area contributed by atoms with E-state index in [2.05, 4.69) is 5.32 Å². The molecule has 82 valence electrons. The highest BCUT2D eigenvalue weighted by atomic mass is 19.1. The largest absolute Gasteiger partial charge is 0.505 e. The monoisotopic (exact) mass is 212 g/mol. The first-order chi connectivity index (χ1) is 7.18. The van der Waals surface area contributed by atoms with Gasteiger partial charge in [-0.05, 0) is 6.07 Å². The van der Waals surface area contributed by atoms with Crippen molar-refractivity contribution < 1.29 is 14.2 Å². The van der Waals surface area contributed by atoms with Gasteiger partial charge in [-0.15, -0.1) is 0 Å². The number of ether oxygens (including phenoxy) is 1. The molecule has 5 heteroatoms.